The topological polar surface area (TPSA) is 46.2 Å². The van der Waals surface area contributed by atoms with Crippen molar-refractivity contribution in [3.05, 3.63) is 34.1 Å². The molecule has 0 spiro atoms. The third kappa shape index (κ3) is 3.59. The van der Waals surface area contributed by atoms with E-state index in [0.717, 1.165) is 18.4 Å². The fourth-order valence-corrected chi connectivity index (χ4v) is 5.37. The maximum Gasteiger partial charge on any atom is 0.154 e. The summed E-state index contributed by atoms with van der Waals surface area (Å²) in [5.74, 6) is -0.0248. The molecule has 2 atom stereocenters. The van der Waals surface area contributed by atoms with E-state index in [1.54, 1.807) is 19.2 Å². The highest BCUT2D eigenvalue weighted by atomic mass is 79.9. The van der Waals surface area contributed by atoms with Gasteiger partial charge in [0.25, 0.3) is 0 Å². The predicted octanol–water partition coefficient (Wildman–Crippen LogP) is 2.69. The van der Waals surface area contributed by atoms with Gasteiger partial charge in [-0.3, -0.25) is 0 Å². The summed E-state index contributed by atoms with van der Waals surface area (Å²) in [6.45, 7) is 0. The molecule has 0 aliphatic carbocycles. The van der Waals surface area contributed by atoms with Crippen LogP contribution in [0, 0.1) is 5.82 Å². The number of sulfone groups is 1. The molecule has 1 aliphatic heterocycles. The quantitative estimate of drug-likeness (QED) is 0.894. The summed E-state index contributed by atoms with van der Waals surface area (Å²) in [7, 11) is -1.24. The maximum absolute atomic E-state index is 13.2. The summed E-state index contributed by atoms with van der Waals surface area (Å²) in [5.41, 5.74) is 0.929. The number of rotatable bonds is 4. The van der Waals surface area contributed by atoms with Crippen molar-refractivity contribution in [1.29, 1.82) is 0 Å². The Bertz CT molecular complexity index is 577. The van der Waals surface area contributed by atoms with Crippen molar-refractivity contribution in [2.75, 3.05) is 12.8 Å². The minimum Gasteiger partial charge on any atom is -0.315 e. The van der Waals surface area contributed by atoms with E-state index in [-0.39, 0.29) is 22.9 Å². The van der Waals surface area contributed by atoms with Gasteiger partial charge in [0.2, 0.25) is 0 Å². The number of halogens is 2. The number of hydrogen-bond acceptors (Lipinski definition) is 3. The van der Waals surface area contributed by atoms with E-state index in [4.69, 9.17) is 0 Å². The van der Waals surface area contributed by atoms with E-state index in [0.29, 0.717) is 17.3 Å². The minimum atomic E-state index is -3.02. The van der Waals surface area contributed by atoms with Crippen LogP contribution in [0.5, 0.6) is 0 Å². The second kappa shape index (κ2) is 6.54. The molecular formula is C14H19BrFNO2S. The monoisotopic (exact) mass is 363 g/mol. The number of hydrogen-bond donors (Lipinski definition) is 1. The fraction of sp³-hybridized carbons (Fsp3) is 0.571. The molecule has 0 radical (unpaired) electrons. The van der Waals surface area contributed by atoms with Crippen molar-refractivity contribution in [2.24, 2.45) is 0 Å². The van der Waals surface area contributed by atoms with Crippen molar-refractivity contribution < 1.29 is 12.8 Å². The van der Waals surface area contributed by atoms with Crippen molar-refractivity contribution in [3.8, 4) is 0 Å². The first kappa shape index (κ1) is 15.9. The van der Waals surface area contributed by atoms with Crippen LogP contribution < -0.4 is 5.32 Å². The van der Waals surface area contributed by atoms with Gasteiger partial charge in [0.1, 0.15) is 5.82 Å². The van der Waals surface area contributed by atoms with Gasteiger partial charge in [0.05, 0.1) is 15.5 Å². The highest BCUT2D eigenvalue weighted by molar-refractivity contribution is 9.10. The summed E-state index contributed by atoms with van der Waals surface area (Å²) in [6, 6.07) is 4.70. The Kier molecular flexibility index (Phi) is 5.20. The normalized spacial score (nSPS) is 23.4. The summed E-state index contributed by atoms with van der Waals surface area (Å²) >= 11 is 3.16. The van der Waals surface area contributed by atoms with Crippen LogP contribution in [0.1, 0.15) is 24.8 Å². The van der Waals surface area contributed by atoms with E-state index >= 15 is 0 Å². The van der Waals surface area contributed by atoms with Crippen LogP contribution in [0.15, 0.2) is 22.7 Å². The lowest BCUT2D eigenvalue weighted by molar-refractivity contribution is 0.456. The molecule has 6 heteroatoms. The zero-order valence-electron chi connectivity index (χ0n) is 11.4. The summed E-state index contributed by atoms with van der Waals surface area (Å²) in [6.07, 6.45) is 3.00. The van der Waals surface area contributed by atoms with E-state index in [2.05, 4.69) is 21.2 Å². The first-order valence-corrected chi connectivity index (χ1v) is 9.27. The Balaban J connectivity index is 2.18. The molecule has 1 aliphatic rings. The molecule has 1 aromatic carbocycles. The van der Waals surface area contributed by atoms with Gasteiger partial charge in [-0.2, -0.15) is 0 Å². The Morgan fingerprint density at radius 3 is 2.80 bits per heavy atom. The van der Waals surface area contributed by atoms with E-state index in [1.165, 1.54) is 6.07 Å². The van der Waals surface area contributed by atoms with E-state index < -0.39 is 9.84 Å². The van der Waals surface area contributed by atoms with E-state index in [1.807, 2.05) is 0 Å². The SMILES string of the molecule is CNC(Cc1ccc(F)c(Br)c1)C1CCCCS1(=O)=O. The lowest BCUT2D eigenvalue weighted by Crippen LogP contribution is -2.46. The second-order valence-corrected chi connectivity index (χ2v) is 8.44. The van der Waals surface area contributed by atoms with Gasteiger partial charge in [-0.25, -0.2) is 12.8 Å². The van der Waals surface area contributed by atoms with Crippen molar-refractivity contribution in [3.63, 3.8) is 0 Å². The summed E-state index contributed by atoms with van der Waals surface area (Å²) in [4.78, 5) is 0. The largest absolute Gasteiger partial charge is 0.315 e. The highest BCUT2D eigenvalue weighted by Gasteiger charge is 2.34. The van der Waals surface area contributed by atoms with E-state index in [9.17, 15) is 12.8 Å². The number of benzene rings is 1. The van der Waals surface area contributed by atoms with Gasteiger partial charge in [-0.1, -0.05) is 12.5 Å². The van der Waals surface area contributed by atoms with Gasteiger partial charge >= 0.3 is 0 Å². The fourth-order valence-electron chi connectivity index (χ4n) is 2.77. The Labute approximate surface area is 128 Å². The smallest absolute Gasteiger partial charge is 0.154 e. The highest BCUT2D eigenvalue weighted by Crippen LogP contribution is 2.25. The van der Waals surface area contributed by atoms with Gasteiger partial charge < -0.3 is 5.32 Å². The average molecular weight is 364 g/mol. The first-order valence-electron chi connectivity index (χ1n) is 6.77. The van der Waals surface area contributed by atoms with Crippen molar-refractivity contribution in [1.82, 2.24) is 5.32 Å². The zero-order valence-corrected chi connectivity index (χ0v) is 13.8. The van der Waals surface area contributed by atoms with Crippen LogP contribution in [0.2, 0.25) is 0 Å². The second-order valence-electron chi connectivity index (χ2n) is 5.25. The molecule has 1 saturated heterocycles. The zero-order chi connectivity index (χ0) is 14.8. The molecule has 0 amide bonds. The molecule has 1 heterocycles. The van der Waals surface area contributed by atoms with Crippen LogP contribution in [-0.2, 0) is 16.3 Å². The number of nitrogens with one attached hydrogen (secondary N) is 1. The average Bonchev–Trinajstić information content (AvgIpc) is 2.40. The van der Waals surface area contributed by atoms with Gasteiger partial charge in [0, 0.05) is 6.04 Å². The third-order valence-corrected chi connectivity index (χ3v) is 6.84. The van der Waals surface area contributed by atoms with Crippen molar-refractivity contribution in [2.45, 2.75) is 37.0 Å². The molecule has 0 bridgehead atoms. The predicted molar refractivity (Wildman–Crippen MR) is 82.1 cm³/mol. The molecule has 2 unspecified atom stereocenters. The molecule has 1 N–H and O–H groups in total. The van der Waals surface area contributed by atoms with Gasteiger partial charge in [0.15, 0.2) is 9.84 Å². The molecule has 1 fully saturated rings. The Morgan fingerprint density at radius 1 is 1.45 bits per heavy atom. The van der Waals surface area contributed by atoms with Gasteiger partial charge in [-0.15, -0.1) is 0 Å². The van der Waals surface area contributed by atoms with Crippen LogP contribution in [0.4, 0.5) is 4.39 Å². The Hall–Kier alpha value is -0.460. The van der Waals surface area contributed by atoms with Crippen LogP contribution >= 0.6 is 15.9 Å². The van der Waals surface area contributed by atoms with Crippen LogP contribution in [0.25, 0.3) is 0 Å². The lowest BCUT2D eigenvalue weighted by Gasteiger charge is -2.30. The molecule has 1 aromatic rings. The molecule has 20 heavy (non-hydrogen) atoms. The molecule has 0 aromatic heterocycles. The summed E-state index contributed by atoms with van der Waals surface area (Å²) < 4.78 is 38.0. The molecule has 3 nitrogen and oxygen atoms in total. The molecule has 2 rings (SSSR count). The lowest BCUT2D eigenvalue weighted by atomic mass is 9.99. The first-order chi connectivity index (χ1) is 9.44. The molecule has 0 saturated carbocycles. The maximum atomic E-state index is 13.2. The molecular weight excluding hydrogens is 345 g/mol. The summed E-state index contributed by atoms with van der Waals surface area (Å²) in [5, 5.41) is 2.78. The van der Waals surface area contributed by atoms with Crippen LogP contribution in [0.3, 0.4) is 0 Å². The standard InChI is InChI=1S/C14H19BrFNO2S/c1-17-13(14-4-2-3-7-20(14,18)19)9-10-5-6-12(16)11(15)8-10/h5-6,8,13-14,17H,2-4,7,9H2,1H3. The van der Waals surface area contributed by atoms with Crippen molar-refractivity contribution >= 4 is 25.8 Å². The van der Waals surface area contributed by atoms with Gasteiger partial charge in [-0.05, 0) is 59.9 Å². The van der Waals surface area contributed by atoms with Crippen LogP contribution in [-0.4, -0.2) is 32.5 Å². The molecule has 112 valence electrons. The third-order valence-electron chi connectivity index (χ3n) is 3.89. The number of likely N-dealkylation sites (N-methyl/N-ethyl adjacent to an activating group) is 1. The Morgan fingerprint density at radius 2 is 2.20 bits per heavy atom. The minimum absolute atomic E-state index is 0.127.